The van der Waals surface area contributed by atoms with Crippen molar-refractivity contribution in [3.05, 3.63) is 35.9 Å². The van der Waals surface area contributed by atoms with Gasteiger partial charge in [0.2, 0.25) is 17.7 Å². The highest BCUT2D eigenvalue weighted by atomic mass is 31.2. The minimum Gasteiger partial charge on any atom is -0.370 e. The third-order valence-corrected chi connectivity index (χ3v) is 8.37. The Morgan fingerprint density at radius 3 is 2.47 bits per heavy atom. The summed E-state index contributed by atoms with van der Waals surface area (Å²) in [5.41, 5.74) is 0.757. The van der Waals surface area contributed by atoms with E-state index in [1.807, 2.05) is 30.3 Å². The molecule has 0 aliphatic carbocycles. The highest BCUT2D eigenvalue weighted by molar-refractivity contribution is 7.80. The van der Waals surface area contributed by atoms with Gasteiger partial charge in [-0.3, -0.25) is 19.4 Å². The number of aliphatic hydroxyl groups excluding tert-OH is 1. The summed E-state index contributed by atoms with van der Waals surface area (Å²) in [6, 6.07) is 7.77. The number of benzene rings is 1. The molecule has 3 amide bonds. The van der Waals surface area contributed by atoms with Crippen LogP contribution in [-0.4, -0.2) is 91.6 Å². The van der Waals surface area contributed by atoms with Crippen LogP contribution in [0.4, 0.5) is 0 Å². The van der Waals surface area contributed by atoms with E-state index >= 15 is 0 Å². The van der Waals surface area contributed by atoms with E-state index < -0.39 is 37.5 Å². The van der Waals surface area contributed by atoms with Crippen LogP contribution in [-0.2, 0) is 20.8 Å². The van der Waals surface area contributed by atoms with E-state index in [9.17, 15) is 29.3 Å². The first-order chi connectivity index (χ1) is 16.3. The maximum Gasteiger partial charge on any atom is 0.243 e. The largest absolute Gasteiger partial charge is 0.370 e. The second kappa shape index (κ2) is 10.4. The van der Waals surface area contributed by atoms with Crippen molar-refractivity contribution in [2.75, 3.05) is 19.6 Å². The summed E-state index contributed by atoms with van der Waals surface area (Å²) in [5, 5.41) is 13.6. The lowest BCUT2D eigenvalue weighted by atomic mass is 10.1. The third kappa shape index (κ3) is 5.41. The molecule has 0 radical (unpaired) electrons. The molecule has 34 heavy (non-hydrogen) atoms. The minimum absolute atomic E-state index is 0.0136. The average Bonchev–Trinajstić information content (AvgIpc) is 3.51. The molecule has 0 aromatic heterocycles. The van der Waals surface area contributed by atoms with E-state index in [0.29, 0.717) is 38.8 Å². The van der Waals surface area contributed by atoms with E-state index in [0.717, 1.165) is 11.4 Å². The van der Waals surface area contributed by atoms with Gasteiger partial charge in [-0.1, -0.05) is 30.3 Å². The topological polar surface area (TPSA) is 143 Å². The summed E-state index contributed by atoms with van der Waals surface area (Å²) in [4.78, 5) is 67.7. The lowest BCUT2D eigenvalue weighted by molar-refractivity contribution is -0.139. The fourth-order valence-corrected chi connectivity index (χ4v) is 6.15. The van der Waals surface area contributed by atoms with Crippen molar-refractivity contribution in [1.29, 1.82) is 0 Å². The van der Waals surface area contributed by atoms with Crippen molar-refractivity contribution >= 4 is 36.3 Å². The van der Waals surface area contributed by atoms with E-state index in [1.54, 1.807) is 0 Å². The molecule has 3 heterocycles. The minimum atomic E-state index is -3.96. The quantitative estimate of drug-likeness (QED) is 0.433. The Labute approximate surface area is 198 Å². The smallest absolute Gasteiger partial charge is 0.243 e. The molecule has 3 aliphatic heterocycles. The number of nitrogens with zero attached hydrogens (tertiary/aromatic N) is 3. The zero-order valence-electron chi connectivity index (χ0n) is 18.9. The normalized spacial score (nSPS) is 29.8. The molecule has 4 rings (SSSR count). The number of carbonyl (C=O) groups excluding carboxylic acids is 3. The first kappa shape index (κ1) is 24.6. The van der Waals surface area contributed by atoms with E-state index in [2.05, 4.69) is 10.3 Å². The molecule has 2 saturated heterocycles. The van der Waals surface area contributed by atoms with Gasteiger partial charge in [-0.05, 0) is 37.0 Å². The molecule has 2 fully saturated rings. The zero-order valence-corrected chi connectivity index (χ0v) is 19.8. The molecule has 0 spiro atoms. The molecule has 0 saturated carbocycles. The molecule has 4 N–H and O–H groups in total. The molecule has 0 bridgehead atoms. The summed E-state index contributed by atoms with van der Waals surface area (Å²) in [6.45, 7) is 0.571. The number of rotatable bonds is 2. The molecule has 3 atom stereocenters. The highest BCUT2D eigenvalue weighted by Gasteiger charge is 2.37. The summed E-state index contributed by atoms with van der Waals surface area (Å²) in [6.07, 6.45) is 0.744. The Balaban J connectivity index is 1.72. The van der Waals surface area contributed by atoms with Crippen LogP contribution in [0.5, 0.6) is 0 Å². The van der Waals surface area contributed by atoms with Gasteiger partial charge >= 0.3 is 0 Å². The monoisotopic (exact) mass is 490 g/mol. The van der Waals surface area contributed by atoms with Gasteiger partial charge in [0.25, 0.3) is 0 Å². The van der Waals surface area contributed by atoms with Gasteiger partial charge in [0.1, 0.15) is 6.04 Å². The van der Waals surface area contributed by atoms with Gasteiger partial charge in [0.15, 0.2) is 13.6 Å². The summed E-state index contributed by atoms with van der Waals surface area (Å²) in [5.74, 6) is 0.0157. The number of hydrogen-bond acceptors (Lipinski definition) is 7. The van der Waals surface area contributed by atoms with Crippen LogP contribution in [0.15, 0.2) is 35.3 Å². The highest BCUT2D eigenvalue weighted by Crippen LogP contribution is 2.41. The third-order valence-electron chi connectivity index (χ3n) is 6.64. The second-order valence-corrected chi connectivity index (χ2v) is 11.1. The number of carbonyl (C=O) groups is 3. The fourth-order valence-electron chi connectivity index (χ4n) is 4.82. The fraction of sp³-hybridized carbons (Fsp3) is 0.522. The van der Waals surface area contributed by atoms with Crippen LogP contribution < -0.4 is 5.32 Å². The van der Waals surface area contributed by atoms with Crippen LogP contribution >= 0.6 is 7.34 Å². The molecular formula is C23H31N4O6P. The number of aliphatic hydroxyl groups is 1. The SMILES string of the molecule is O=C1NCC(=O)N2CCC[C@@H]2C(O)/N=C(/Cc2ccccc2)P(O)(O)=CCC(=O)N2CCC[C@H]12. The van der Waals surface area contributed by atoms with Gasteiger partial charge in [-0.2, -0.15) is 0 Å². The number of nitrogens with one attached hydrogen (secondary N) is 1. The van der Waals surface area contributed by atoms with Crippen molar-refractivity contribution in [2.45, 2.75) is 56.8 Å². The van der Waals surface area contributed by atoms with E-state index in [-0.39, 0.29) is 30.7 Å². The van der Waals surface area contributed by atoms with Crippen molar-refractivity contribution in [1.82, 2.24) is 15.1 Å². The summed E-state index contributed by atoms with van der Waals surface area (Å²) < 4.78 is 0. The van der Waals surface area contributed by atoms with Crippen molar-refractivity contribution in [2.24, 2.45) is 4.99 Å². The maximum atomic E-state index is 12.9. The number of fused-ring (bicyclic) bond motifs is 2. The van der Waals surface area contributed by atoms with Crippen molar-refractivity contribution < 1.29 is 29.3 Å². The average molecular weight is 490 g/mol. The molecule has 10 nitrogen and oxygen atoms in total. The lowest BCUT2D eigenvalue weighted by Gasteiger charge is -2.28. The standard InChI is InChI=1S/C23H31N4O6P/c28-20-10-13-34(32,33)19(14-16-6-2-1-3-7-16)25-23(31)18-9-5-12-27(18)21(29)15-24-22(30)17-8-4-11-26(17)20/h1-3,6-7,13,17-18,23,31-33H,4-5,8-12,14-15H2,(H,24,30)/b25-19-/t17-,18-,23?/m1/s1. The van der Waals surface area contributed by atoms with Gasteiger partial charge in [-0.25, -0.2) is 0 Å². The Kier molecular flexibility index (Phi) is 7.52. The van der Waals surface area contributed by atoms with Gasteiger partial charge in [0.05, 0.1) is 18.0 Å². The lowest BCUT2D eigenvalue weighted by Crippen LogP contribution is -2.50. The summed E-state index contributed by atoms with van der Waals surface area (Å²) >= 11 is 0. The Morgan fingerprint density at radius 1 is 1.00 bits per heavy atom. The van der Waals surface area contributed by atoms with E-state index in [4.69, 9.17) is 0 Å². The number of aliphatic imine (C=N–C) groups is 1. The predicted molar refractivity (Wildman–Crippen MR) is 128 cm³/mol. The van der Waals surface area contributed by atoms with Gasteiger partial charge < -0.3 is 30.0 Å². The molecule has 11 heteroatoms. The van der Waals surface area contributed by atoms with Crippen LogP contribution in [0.2, 0.25) is 0 Å². The zero-order chi connectivity index (χ0) is 24.3. The maximum absolute atomic E-state index is 12.9. The Hall–Kier alpha value is -2.52. The van der Waals surface area contributed by atoms with Crippen molar-refractivity contribution in [3.8, 4) is 0 Å². The number of amides is 3. The first-order valence-corrected chi connectivity index (χ1v) is 13.4. The Bertz CT molecular complexity index is 1020. The second-order valence-electron chi connectivity index (χ2n) is 8.92. The molecule has 1 aromatic rings. The van der Waals surface area contributed by atoms with Gasteiger partial charge in [0, 0.05) is 25.9 Å². The van der Waals surface area contributed by atoms with Crippen LogP contribution in [0.3, 0.4) is 0 Å². The first-order valence-electron chi connectivity index (χ1n) is 11.6. The Morgan fingerprint density at radius 2 is 1.71 bits per heavy atom. The molecular weight excluding hydrogens is 459 g/mol. The molecule has 184 valence electrons. The van der Waals surface area contributed by atoms with Gasteiger partial charge in [-0.15, -0.1) is 0 Å². The van der Waals surface area contributed by atoms with Crippen LogP contribution in [0.25, 0.3) is 0 Å². The van der Waals surface area contributed by atoms with Crippen molar-refractivity contribution in [3.63, 3.8) is 0 Å². The molecule has 3 aliphatic rings. The van der Waals surface area contributed by atoms with Crippen LogP contribution in [0.1, 0.15) is 37.7 Å². The van der Waals surface area contributed by atoms with Crippen LogP contribution in [0, 0.1) is 0 Å². The van der Waals surface area contributed by atoms with E-state index in [1.165, 1.54) is 9.80 Å². The molecule has 1 unspecified atom stereocenters. The predicted octanol–water partition coefficient (Wildman–Crippen LogP) is 0.0823. The molecule has 1 aromatic carbocycles. The summed E-state index contributed by atoms with van der Waals surface area (Å²) in [7, 11) is -3.96. The number of hydrogen-bond donors (Lipinski definition) is 4.